The zero-order valence-electron chi connectivity index (χ0n) is 26.0. The minimum absolute atomic E-state index is 0.0184. The van der Waals surface area contributed by atoms with Crippen LogP contribution in [0, 0.1) is 45.8 Å². The number of hydrogen-bond donors (Lipinski definition) is 0. The molecule has 230 valence electrons. The van der Waals surface area contributed by atoms with Crippen LogP contribution >= 0.6 is 0 Å². The molecule has 0 N–H and O–H groups in total. The molecule has 4 aliphatic carbocycles. The molecule has 0 heterocycles. The van der Waals surface area contributed by atoms with Gasteiger partial charge in [-0.2, -0.15) is 12.7 Å². The van der Waals surface area contributed by atoms with Gasteiger partial charge in [-0.1, -0.05) is 34.6 Å². The number of fused-ring (bicyclic) bond motifs is 5. The first-order valence-corrected chi connectivity index (χ1v) is 16.9. The van der Waals surface area contributed by atoms with Crippen LogP contribution < -0.4 is 0 Å². The van der Waals surface area contributed by atoms with Crippen LogP contribution in [0.5, 0.6) is 0 Å². The van der Waals surface area contributed by atoms with Crippen molar-refractivity contribution in [1.82, 2.24) is 4.31 Å². The highest BCUT2D eigenvalue weighted by Crippen LogP contribution is 2.72. The molecule has 0 radical (unpaired) electrons. The van der Waals surface area contributed by atoms with E-state index in [9.17, 15) is 18.0 Å². The number of hydrogen-bond acceptors (Lipinski definition) is 7. The molecule has 4 aliphatic rings. The van der Waals surface area contributed by atoms with E-state index < -0.39 is 16.4 Å². The fourth-order valence-electron chi connectivity index (χ4n) is 9.99. The lowest BCUT2D eigenvalue weighted by molar-refractivity contribution is -0.202. The number of carbonyl (C=O) groups excluding carboxylic acids is 2. The predicted molar refractivity (Wildman–Crippen MR) is 153 cm³/mol. The van der Waals surface area contributed by atoms with Gasteiger partial charge >= 0.3 is 22.2 Å². The van der Waals surface area contributed by atoms with Crippen LogP contribution in [0.1, 0.15) is 106 Å². The van der Waals surface area contributed by atoms with Crippen molar-refractivity contribution in [2.45, 2.75) is 118 Å². The van der Waals surface area contributed by atoms with Gasteiger partial charge in [0.15, 0.2) is 0 Å². The van der Waals surface area contributed by atoms with E-state index in [1.54, 1.807) is 7.05 Å². The largest absolute Gasteiger partial charge is 0.469 e. The van der Waals surface area contributed by atoms with E-state index in [-0.39, 0.29) is 46.1 Å². The third-order valence-electron chi connectivity index (χ3n) is 12.6. The van der Waals surface area contributed by atoms with Gasteiger partial charge in [0, 0.05) is 32.4 Å². The second kappa shape index (κ2) is 11.5. The number of carbonyl (C=O) groups is 2. The molecule has 40 heavy (non-hydrogen) atoms. The summed E-state index contributed by atoms with van der Waals surface area (Å²) in [6, 6.07) is 0. The zero-order valence-corrected chi connectivity index (χ0v) is 26.8. The molecule has 0 aromatic rings. The van der Waals surface area contributed by atoms with Crippen LogP contribution in [-0.4, -0.2) is 57.6 Å². The van der Waals surface area contributed by atoms with Crippen LogP contribution in [0.4, 0.5) is 0 Å². The minimum atomic E-state index is -3.89. The fraction of sp³-hybridized carbons (Fsp3) is 0.935. The Morgan fingerprint density at radius 1 is 1.05 bits per heavy atom. The molecule has 0 saturated heterocycles. The Kier molecular flexibility index (Phi) is 9.11. The van der Waals surface area contributed by atoms with Crippen LogP contribution in [-0.2, 0) is 33.6 Å². The van der Waals surface area contributed by atoms with Gasteiger partial charge in [-0.3, -0.25) is 13.8 Å². The minimum Gasteiger partial charge on any atom is -0.469 e. The lowest BCUT2D eigenvalue weighted by Crippen LogP contribution is -2.62. The van der Waals surface area contributed by atoms with Crippen molar-refractivity contribution in [2.75, 3.05) is 20.7 Å². The molecular formula is C31H53NO7S. The van der Waals surface area contributed by atoms with Gasteiger partial charge < -0.3 is 9.47 Å². The Morgan fingerprint density at radius 3 is 2.38 bits per heavy atom. The molecule has 4 fully saturated rings. The topological polar surface area (TPSA) is 99.2 Å². The Bertz CT molecular complexity index is 1060. The van der Waals surface area contributed by atoms with Gasteiger partial charge in [0.1, 0.15) is 6.10 Å². The Labute approximate surface area is 242 Å². The van der Waals surface area contributed by atoms with Crippen LogP contribution in [0.3, 0.4) is 0 Å². The number of methoxy groups -OCH3 is 1. The highest BCUT2D eigenvalue weighted by molar-refractivity contribution is 7.84. The summed E-state index contributed by atoms with van der Waals surface area (Å²) in [7, 11) is -0.876. The van der Waals surface area contributed by atoms with Crippen molar-refractivity contribution >= 4 is 22.2 Å². The van der Waals surface area contributed by atoms with Crippen molar-refractivity contribution in [3.8, 4) is 0 Å². The third-order valence-corrected chi connectivity index (χ3v) is 14.1. The molecule has 0 amide bonds. The first-order chi connectivity index (χ1) is 18.6. The average molecular weight is 584 g/mol. The number of nitrogens with zero attached hydrogens (tertiary/aromatic N) is 1. The van der Waals surface area contributed by atoms with Crippen molar-refractivity contribution in [2.24, 2.45) is 45.8 Å². The number of ether oxygens (including phenoxy) is 2. The lowest BCUT2D eigenvalue weighted by Gasteiger charge is -2.66. The van der Waals surface area contributed by atoms with E-state index in [4.69, 9.17) is 13.7 Å². The molecule has 10 atom stereocenters. The second-order valence-corrected chi connectivity index (χ2v) is 15.9. The van der Waals surface area contributed by atoms with E-state index in [1.807, 2.05) is 6.92 Å². The fourth-order valence-corrected chi connectivity index (χ4v) is 11.0. The van der Waals surface area contributed by atoms with Crippen molar-refractivity contribution in [3.05, 3.63) is 0 Å². The smallest absolute Gasteiger partial charge is 0.338 e. The highest BCUT2D eigenvalue weighted by atomic mass is 32.2. The maximum Gasteiger partial charge on any atom is 0.338 e. The highest BCUT2D eigenvalue weighted by Gasteiger charge is 2.67. The molecule has 4 rings (SSSR count). The molecule has 0 spiro atoms. The van der Waals surface area contributed by atoms with Crippen molar-refractivity contribution in [3.63, 3.8) is 0 Å². The first kappa shape index (κ1) is 31.7. The number of esters is 2. The molecule has 9 heteroatoms. The quantitative estimate of drug-likeness (QED) is 0.319. The molecule has 4 saturated carbocycles. The summed E-state index contributed by atoms with van der Waals surface area (Å²) in [5.74, 6) is 1.35. The van der Waals surface area contributed by atoms with E-state index in [0.717, 1.165) is 57.8 Å². The lowest BCUT2D eigenvalue weighted by atomic mass is 9.39. The summed E-state index contributed by atoms with van der Waals surface area (Å²) >= 11 is 0. The maximum absolute atomic E-state index is 13.4. The molecule has 0 unspecified atom stereocenters. The maximum atomic E-state index is 13.4. The summed E-state index contributed by atoms with van der Waals surface area (Å²) < 4.78 is 45.0. The second-order valence-electron chi connectivity index (χ2n) is 14.2. The molecule has 0 bridgehead atoms. The SMILES string of the molecule is CCN(C)S(=O)(=O)O[C@@H]1C[C@H]2[C@@H](CC[C@@]3(C)C[C@@H](OC(C)=O)CC[C@]23C)[C@@H]2CC[C@H]([C@@H](C)CCC(=O)OC)[C@@]12C. The Hall–Kier alpha value is -1.19. The molecule has 0 aromatic heterocycles. The van der Waals surface area contributed by atoms with E-state index >= 15 is 0 Å². The first-order valence-electron chi connectivity index (χ1n) is 15.5. The van der Waals surface area contributed by atoms with Gasteiger partial charge in [0.2, 0.25) is 0 Å². The van der Waals surface area contributed by atoms with E-state index in [1.165, 1.54) is 18.3 Å². The Balaban J connectivity index is 1.69. The van der Waals surface area contributed by atoms with Gasteiger partial charge in [0.25, 0.3) is 0 Å². The summed E-state index contributed by atoms with van der Waals surface area (Å²) in [5.41, 5.74) is -0.252. The summed E-state index contributed by atoms with van der Waals surface area (Å²) in [6.45, 7) is 13.0. The van der Waals surface area contributed by atoms with E-state index in [0.29, 0.717) is 30.7 Å². The Morgan fingerprint density at radius 2 is 1.75 bits per heavy atom. The average Bonchev–Trinajstić information content (AvgIpc) is 3.25. The monoisotopic (exact) mass is 583 g/mol. The van der Waals surface area contributed by atoms with Crippen LogP contribution in [0.15, 0.2) is 0 Å². The predicted octanol–water partition coefficient (Wildman–Crippen LogP) is 5.75. The van der Waals surface area contributed by atoms with Gasteiger partial charge in [0.05, 0.1) is 13.2 Å². The van der Waals surface area contributed by atoms with Gasteiger partial charge in [-0.05, 0) is 98.2 Å². The van der Waals surface area contributed by atoms with Crippen molar-refractivity contribution in [1.29, 1.82) is 0 Å². The third kappa shape index (κ3) is 5.36. The standard InChI is InChI=1S/C31H53NO7S/c1-9-32(7)40(35,36)39-27-18-26-23(15-16-29(4)19-22(38-21(3)33)14-17-30(26,29)5)25-12-11-24(31(25,27)6)20(2)10-13-28(34)37-8/h20,22-27H,9-19H2,1-8H3/t20-,22-,23-,24+,25-,26-,27+,29-,30+,31+/m0/s1. The summed E-state index contributed by atoms with van der Waals surface area (Å²) in [4.78, 5) is 23.7. The molecule has 0 aliphatic heterocycles. The summed E-state index contributed by atoms with van der Waals surface area (Å²) in [6.07, 6.45) is 8.36. The van der Waals surface area contributed by atoms with Gasteiger partial charge in [-0.15, -0.1) is 0 Å². The normalized spacial score (nSPS) is 41.9. The van der Waals surface area contributed by atoms with Crippen molar-refractivity contribution < 1.29 is 31.7 Å². The van der Waals surface area contributed by atoms with Gasteiger partial charge in [-0.25, -0.2) is 0 Å². The van der Waals surface area contributed by atoms with Crippen LogP contribution in [0.25, 0.3) is 0 Å². The number of rotatable bonds is 9. The molecule has 8 nitrogen and oxygen atoms in total. The summed E-state index contributed by atoms with van der Waals surface area (Å²) in [5, 5.41) is 0. The molecule has 0 aromatic carbocycles. The zero-order chi connectivity index (χ0) is 29.7. The van der Waals surface area contributed by atoms with E-state index in [2.05, 4.69) is 27.7 Å². The van der Waals surface area contributed by atoms with Crippen LogP contribution in [0.2, 0.25) is 0 Å². The molecular weight excluding hydrogens is 530 g/mol.